The number of amides is 2. The van der Waals surface area contributed by atoms with Crippen molar-refractivity contribution >= 4 is 35.5 Å². The van der Waals surface area contributed by atoms with E-state index in [2.05, 4.69) is 21.6 Å². The van der Waals surface area contributed by atoms with Crippen LogP contribution in [0.25, 0.3) is 0 Å². The van der Waals surface area contributed by atoms with Crippen molar-refractivity contribution in [3.8, 4) is 6.07 Å². The summed E-state index contributed by atoms with van der Waals surface area (Å²) in [6.07, 6.45) is 4.25. The molecule has 3 aromatic carbocycles. The zero-order chi connectivity index (χ0) is 25.9. The molecule has 0 aliphatic carbocycles. The van der Waals surface area contributed by atoms with Gasteiger partial charge in [0.1, 0.15) is 6.29 Å². The van der Waals surface area contributed by atoms with Crippen molar-refractivity contribution in [2.24, 2.45) is 5.73 Å². The molecule has 1 unspecified atom stereocenters. The second kappa shape index (κ2) is 13.4. The van der Waals surface area contributed by atoms with Crippen LogP contribution in [0, 0.1) is 11.3 Å². The zero-order valence-electron chi connectivity index (χ0n) is 20.5. The number of carbonyl (C=O) groups excluding carboxylic acids is 2. The first-order valence-corrected chi connectivity index (χ1v) is 12.9. The van der Waals surface area contributed by atoms with E-state index in [1.54, 1.807) is 36.0 Å². The fraction of sp³-hybridized carbons (Fsp3) is 0.250. The molecule has 7 nitrogen and oxygen atoms in total. The fourth-order valence-corrected chi connectivity index (χ4v) is 4.36. The van der Waals surface area contributed by atoms with Crippen LogP contribution in [0.5, 0.6) is 0 Å². The Kier molecular flexibility index (Phi) is 10.1. The molecule has 36 heavy (non-hydrogen) atoms. The molecule has 0 aliphatic rings. The molecule has 8 heteroatoms. The lowest BCUT2D eigenvalue weighted by Gasteiger charge is -2.29. The number of nitrogens with two attached hydrogens (primary N) is 1. The minimum absolute atomic E-state index is 0.00523. The third-order valence-electron chi connectivity index (χ3n) is 5.96. The van der Waals surface area contributed by atoms with E-state index in [0.29, 0.717) is 35.5 Å². The normalized spacial score (nSPS) is 11.5. The first kappa shape index (κ1) is 27.0. The first-order chi connectivity index (χ1) is 17.5. The number of nitrogens with one attached hydrogen (secondary N) is 2. The number of thioether (sulfide) groups is 1. The van der Waals surface area contributed by atoms with E-state index in [4.69, 9.17) is 11.0 Å². The second-order valence-corrected chi connectivity index (χ2v) is 9.30. The zero-order valence-corrected chi connectivity index (χ0v) is 21.3. The molecule has 0 spiro atoms. The van der Waals surface area contributed by atoms with E-state index in [-0.39, 0.29) is 12.1 Å². The van der Waals surface area contributed by atoms with Gasteiger partial charge in [-0.25, -0.2) is 4.79 Å². The number of carbonyl (C=O) groups is 2. The molecule has 186 valence electrons. The highest BCUT2D eigenvalue weighted by molar-refractivity contribution is 7.98. The van der Waals surface area contributed by atoms with Gasteiger partial charge in [0.2, 0.25) is 0 Å². The fourth-order valence-electron chi connectivity index (χ4n) is 3.95. The van der Waals surface area contributed by atoms with Gasteiger partial charge in [0.25, 0.3) is 0 Å². The van der Waals surface area contributed by atoms with E-state index in [1.807, 2.05) is 55.8 Å². The lowest BCUT2D eigenvalue weighted by molar-refractivity contribution is 0.112. The molecule has 0 aromatic heterocycles. The molecular formula is C28H31N5O2S. The van der Waals surface area contributed by atoms with Crippen LogP contribution in [0.3, 0.4) is 0 Å². The molecule has 2 amide bonds. The summed E-state index contributed by atoms with van der Waals surface area (Å²) in [5.41, 5.74) is 9.98. The third kappa shape index (κ3) is 7.43. The number of aldehydes is 1. The maximum absolute atomic E-state index is 12.5. The standard InChI is InChI=1S/C28H31N5O2S/c1-33(15-3-14-29)27(21-6-4-20(18-30)5-7-21)17-22-8-9-25(16-23(22)19-34)32-28(35)31-24-10-12-26(36-2)13-11-24/h4-13,16,19,27H,3,14-15,17,29H2,1-2H3,(H2,31,32,35). The molecular weight excluding hydrogens is 470 g/mol. The van der Waals surface area contributed by atoms with Crippen LogP contribution >= 0.6 is 11.8 Å². The van der Waals surface area contributed by atoms with Crippen LogP contribution in [0.15, 0.2) is 71.6 Å². The van der Waals surface area contributed by atoms with Gasteiger partial charge in [-0.2, -0.15) is 5.26 Å². The van der Waals surface area contributed by atoms with Crippen LogP contribution < -0.4 is 16.4 Å². The van der Waals surface area contributed by atoms with Crippen molar-refractivity contribution in [1.29, 1.82) is 5.26 Å². The summed E-state index contributed by atoms with van der Waals surface area (Å²) >= 11 is 1.63. The molecule has 0 fully saturated rings. The average Bonchev–Trinajstić information content (AvgIpc) is 2.91. The highest BCUT2D eigenvalue weighted by Crippen LogP contribution is 2.27. The van der Waals surface area contributed by atoms with Crippen molar-refractivity contribution in [3.63, 3.8) is 0 Å². The van der Waals surface area contributed by atoms with Gasteiger partial charge in [-0.05, 0) is 98.9 Å². The number of hydrogen-bond donors (Lipinski definition) is 3. The Morgan fingerprint density at radius 3 is 2.36 bits per heavy atom. The number of urea groups is 1. The summed E-state index contributed by atoms with van der Waals surface area (Å²) in [7, 11) is 2.03. The van der Waals surface area contributed by atoms with Crippen molar-refractivity contribution in [2.75, 3.05) is 37.0 Å². The molecule has 0 bridgehead atoms. The summed E-state index contributed by atoms with van der Waals surface area (Å²) < 4.78 is 0. The van der Waals surface area contributed by atoms with E-state index >= 15 is 0 Å². The Labute approximate surface area is 216 Å². The van der Waals surface area contributed by atoms with Gasteiger partial charge in [0, 0.05) is 27.9 Å². The van der Waals surface area contributed by atoms with Crippen LogP contribution in [-0.2, 0) is 6.42 Å². The minimum Gasteiger partial charge on any atom is -0.330 e. The van der Waals surface area contributed by atoms with E-state index in [1.165, 1.54) is 0 Å². The number of likely N-dealkylation sites (N-methyl/N-ethyl adjacent to an activating group) is 1. The van der Waals surface area contributed by atoms with Crippen molar-refractivity contribution < 1.29 is 9.59 Å². The van der Waals surface area contributed by atoms with Crippen LogP contribution in [-0.4, -0.2) is 43.6 Å². The molecule has 0 saturated heterocycles. The predicted octanol–water partition coefficient (Wildman–Crippen LogP) is 5.30. The number of hydrogen-bond acceptors (Lipinski definition) is 6. The maximum Gasteiger partial charge on any atom is 0.323 e. The summed E-state index contributed by atoms with van der Waals surface area (Å²) in [6, 6.07) is 22.2. The van der Waals surface area contributed by atoms with Crippen molar-refractivity contribution in [1.82, 2.24) is 4.90 Å². The van der Waals surface area contributed by atoms with Gasteiger partial charge in [0.15, 0.2) is 0 Å². The van der Waals surface area contributed by atoms with E-state index < -0.39 is 0 Å². The Morgan fingerprint density at radius 2 is 1.75 bits per heavy atom. The monoisotopic (exact) mass is 501 g/mol. The topological polar surface area (TPSA) is 111 Å². The van der Waals surface area contributed by atoms with E-state index in [9.17, 15) is 9.59 Å². The average molecular weight is 502 g/mol. The molecule has 0 radical (unpaired) electrons. The molecule has 4 N–H and O–H groups in total. The minimum atomic E-state index is -0.381. The van der Waals surface area contributed by atoms with Crippen LogP contribution in [0.4, 0.5) is 16.2 Å². The third-order valence-corrected chi connectivity index (χ3v) is 6.71. The quantitative estimate of drug-likeness (QED) is 0.243. The van der Waals surface area contributed by atoms with Gasteiger partial charge >= 0.3 is 6.03 Å². The Balaban J connectivity index is 1.76. The lowest BCUT2D eigenvalue weighted by atomic mass is 9.94. The van der Waals surface area contributed by atoms with Gasteiger partial charge in [-0.3, -0.25) is 9.69 Å². The largest absolute Gasteiger partial charge is 0.330 e. The number of anilines is 2. The summed E-state index contributed by atoms with van der Waals surface area (Å²) in [6.45, 7) is 1.39. The number of rotatable bonds is 11. The predicted molar refractivity (Wildman–Crippen MR) is 147 cm³/mol. The molecule has 3 rings (SSSR count). The Morgan fingerprint density at radius 1 is 1.08 bits per heavy atom. The smallest absolute Gasteiger partial charge is 0.323 e. The molecule has 0 aliphatic heterocycles. The van der Waals surface area contributed by atoms with Crippen molar-refractivity contribution in [3.05, 3.63) is 89.0 Å². The summed E-state index contributed by atoms with van der Waals surface area (Å²) in [5.74, 6) is 0. The number of nitrogens with zero attached hydrogens (tertiary/aromatic N) is 2. The maximum atomic E-state index is 12.5. The van der Waals surface area contributed by atoms with E-state index in [0.717, 1.165) is 35.3 Å². The van der Waals surface area contributed by atoms with Crippen LogP contribution in [0.1, 0.15) is 39.5 Å². The number of nitriles is 1. The lowest BCUT2D eigenvalue weighted by Crippen LogP contribution is -2.29. The van der Waals surface area contributed by atoms with Crippen molar-refractivity contribution in [2.45, 2.75) is 23.8 Å². The summed E-state index contributed by atoms with van der Waals surface area (Å²) in [4.78, 5) is 27.8. The Bertz CT molecular complexity index is 1210. The molecule has 0 saturated carbocycles. The van der Waals surface area contributed by atoms with Gasteiger partial charge in [0.05, 0.1) is 11.6 Å². The second-order valence-electron chi connectivity index (χ2n) is 8.42. The molecule has 0 heterocycles. The highest BCUT2D eigenvalue weighted by atomic mass is 32.2. The van der Waals surface area contributed by atoms with Crippen LogP contribution in [0.2, 0.25) is 0 Å². The number of benzene rings is 3. The highest BCUT2D eigenvalue weighted by Gasteiger charge is 2.19. The first-order valence-electron chi connectivity index (χ1n) is 11.7. The molecule has 3 aromatic rings. The van der Waals surface area contributed by atoms with Gasteiger partial charge < -0.3 is 16.4 Å². The van der Waals surface area contributed by atoms with Gasteiger partial charge in [-0.15, -0.1) is 11.8 Å². The SMILES string of the molecule is CSc1ccc(NC(=O)Nc2ccc(CC(c3ccc(C#N)cc3)N(C)CCCN)c(C=O)c2)cc1. The Hall–Kier alpha value is -3.64. The molecule has 1 atom stereocenters. The van der Waals surface area contributed by atoms with Gasteiger partial charge in [-0.1, -0.05) is 18.2 Å². The summed E-state index contributed by atoms with van der Waals surface area (Å²) in [5, 5.41) is 14.7.